The molecule has 0 saturated carbocycles. The van der Waals surface area contributed by atoms with Crippen molar-refractivity contribution in [3.8, 4) is 11.8 Å². The summed E-state index contributed by atoms with van der Waals surface area (Å²) in [6.45, 7) is 4.16. The number of halogens is 2. The summed E-state index contributed by atoms with van der Waals surface area (Å²) in [7, 11) is 0. The molecule has 2 aromatic rings. The quantitative estimate of drug-likeness (QED) is 0.689. The Morgan fingerprint density at radius 3 is 2.43 bits per heavy atom. The Hall–Kier alpha value is -2.48. The number of rotatable bonds is 6. The van der Waals surface area contributed by atoms with Crippen molar-refractivity contribution in [3.63, 3.8) is 0 Å². The number of hydrogen-bond donors (Lipinski definition) is 2. The normalized spacial score (nSPS) is 11.3. The minimum atomic E-state index is -0.683. The first-order valence-corrected chi connectivity index (χ1v) is 9.70. The summed E-state index contributed by atoms with van der Waals surface area (Å²) in [4.78, 5) is 25.1. The van der Waals surface area contributed by atoms with E-state index in [0.717, 1.165) is 5.56 Å². The molecule has 0 heterocycles. The van der Waals surface area contributed by atoms with Gasteiger partial charge in [0.1, 0.15) is 6.04 Å². The van der Waals surface area contributed by atoms with E-state index in [1.165, 1.54) is 12.1 Å². The largest absolute Gasteiger partial charge is 0.343 e. The highest BCUT2D eigenvalue weighted by atomic mass is 35.5. The van der Waals surface area contributed by atoms with Crippen LogP contribution in [0.1, 0.15) is 36.2 Å². The Morgan fingerprint density at radius 2 is 1.79 bits per heavy atom. The number of nitrogens with one attached hydrogen (secondary N) is 2. The fourth-order valence-corrected chi connectivity index (χ4v) is 3.03. The molecule has 28 heavy (non-hydrogen) atoms. The lowest BCUT2D eigenvalue weighted by Crippen LogP contribution is -2.47. The van der Waals surface area contributed by atoms with Crippen molar-refractivity contribution >= 4 is 35.0 Å². The van der Waals surface area contributed by atoms with Crippen molar-refractivity contribution in [3.05, 3.63) is 69.7 Å². The van der Waals surface area contributed by atoms with E-state index in [1.807, 2.05) is 44.2 Å². The van der Waals surface area contributed by atoms with Gasteiger partial charge in [-0.25, -0.2) is 0 Å². The zero-order chi connectivity index (χ0) is 20.5. The Morgan fingerprint density at radius 1 is 1.07 bits per heavy atom. The summed E-state index contributed by atoms with van der Waals surface area (Å²) in [6.07, 6.45) is 0.495. The summed E-state index contributed by atoms with van der Waals surface area (Å²) < 4.78 is 0. The molecule has 2 aromatic carbocycles. The van der Waals surface area contributed by atoms with E-state index in [-0.39, 0.29) is 29.0 Å². The van der Waals surface area contributed by atoms with Crippen molar-refractivity contribution in [2.75, 3.05) is 6.54 Å². The molecule has 6 heteroatoms. The molecule has 0 aromatic heterocycles. The van der Waals surface area contributed by atoms with Gasteiger partial charge in [0.25, 0.3) is 5.91 Å². The molecule has 2 N–H and O–H groups in total. The molecule has 0 aliphatic rings. The Labute approximate surface area is 175 Å². The zero-order valence-corrected chi connectivity index (χ0v) is 17.3. The van der Waals surface area contributed by atoms with Crippen LogP contribution < -0.4 is 10.6 Å². The van der Waals surface area contributed by atoms with Gasteiger partial charge in [0.2, 0.25) is 5.91 Å². The number of amides is 2. The molecular formula is C22H22Cl2N2O2. The monoisotopic (exact) mass is 416 g/mol. The van der Waals surface area contributed by atoms with Crippen molar-refractivity contribution < 1.29 is 9.59 Å². The van der Waals surface area contributed by atoms with Gasteiger partial charge in [0.05, 0.1) is 17.1 Å². The van der Waals surface area contributed by atoms with Gasteiger partial charge in [-0.15, -0.1) is 0 Å². The molecule has 4 nitrogen and oxygen atoms in total. The summed E-state index contributed by atoms with van der Waals surface area (Å²) in [5.74, 6) is 5.40. The van der Waals surface area contributed by atoms with Gasteiger partial charge in [-0.3, -0.25) is 9.59 Å². The van der Waals surface area contributed by atoms with Gasteiger partial charge in [0, 0.05) is 10.6 Å². The topological polar surface area (TPSA) is 58.2 Å². The van der Waals surface area contributed by atoms with E-state index >= 15 is 0 Å². The fraction of sp³-hybridized carbons (Fsp3) is 0.273. The van der Waals surface area contributed by atoms with Crippen LogP contribution in [0, 0.1) is 17.8 Å². The number of hydrogen-bond acceptors (Lipinski definition) is 2. The third-order valence-electron chi connectivity index (χ3n) is 3.86. The maximum Gasteiger partial charge on any atom is 0.253 e. The van der Waals surface area contributed by atoms with E-state index in [0.29, 0.717) is 11.4 Å². The maximum atomic E-state index is 12.5. The molecule has 0 aliphatic heterocycles. The van der Waals surface area contributed by atoms with Gasteiger partial charge >= 0.3 is 0 Å². The predicted octanol–water partition coefficient (Wildman–Crippen LogP) is 4.31. The smallest absolute Gasteiger partial charge is 0.253 e. The van der Waals surface area contributed by atoms with E-state index in [1.54, 1.807) is 6.07 Å². The lowest BCUT2D eigenvalue weighted by Gasteiger charge is -2.20. The van der Waals surface area contributed by atoms with E-state index < -0.39 is 11.9 Å². The van der Waals surface area contributed by atoms with Crippen LogP contribution in [0.3, 0.4) is 0 Å². The molecule has 1 unspecified atom stereocenters. The first-order valence-electron chi connectivity index (χ1n) is 8.94. The number of benzene rings is 2. The molecule has 0 aliphatic carbocycles. The van der Waals surface area contributed by atoms with Gasteiger partial charge in [-0.2, -0.15) is 0 Å². The molecule has 2 amide bonds. The van der Waals surface area contributed by atoms with Crippen molar-refractivity contribution in [2.24, 2.45) is 5.92 Å². The number of carbonyl (C=O) groups is 2. The van der Waals surface area contributed by atoms with Gasteiger partial charge in [-0.05, 0) is 42.7 Å². The molecule has 146 valence electrons. The van der Waals surface area contributed by atoms with E-state index in [2.05, 4.69) is 22.5 Å². The summed E-state index contributed by atoms with van der Waals surface area (Å²) in [5.41, 5.74) is 1.15. The first kappa shape index (κ1) is 21.8. The van der Waals surface area contributed by atoms with E-state index in [4.69, 9.17) is 23.2 Å². The van der Waals surface area contributed by atoms with Gasteiger partial charge in [-0.1, -0.05) is 67.1 Å². The summed E-state index contributed by atoms with van der Waals surface area (Å²) in [5, 5.41) is 6.19. The Kier molecular flexibility index (Phi) is 8.38. The third-order valence-corrected chi connectivity index (χ3v) is 4.41. The number of carbonyl (C=O) groups excluding carboxylic acids is 2. The zero-order valence-electron chi connectivity index (χ0n) is 15.8. The van der Waals surface area contributed by atoms with Crippen LogP contribution >= 0.6 is 23.2 Å². The lowest BCUT2D eigenvalue weighted by molar-refractivity contribution is -0.123. The van der Waals surface area contributed by atoms with Gasteiger partial charge in [0.15, 0.2) is 0 Å². The van der Waals surface area contributed by atoms with Crippen molar-refractivity contribution in [1.82, 2.24) is 10.6 Å². The summed E-state index contributed by atoms with van der Waals surface area (Å²) in [6, 6.07) is 13.4. The van der Waals surface area contributed by atoms with Crippen LogP contribution in [-0.4, -0.2) is 24.4 Å². The SMILES string of the molecule is CC(C)CC(NC(=O)c1ccc(Cl)cc1Cl)C(=O)NCC#Cc1ccccc1. The van der Waals surface area contributed by atoms with Crippen molar-refractivity contribution in [2.45, 2.75) is 26.3 Å². The second kappa shape index (κ2) is 10.8. The predicted molar refractivity (Wildman–Crippen MR) is 114 cm³/mol. The molecule has 1 atom stereocenters. The maximum absolute atomic E-state index is 12.5. The highest BCUT2D eigenvalue weighted by Crippen LogP contribution is 2.21. The minimum absolute atomic E-state index is 0.194. The first-order chi connectivity index (χ1) is 13.4. The van der Waals surface area contributed by atoms with Crippen LogP contribution in [0.5, 0.6) is 0 Å². The average molecular weight is 417 g/mol. The Balaban J connectivity index is 2.00. The lowest BCUT2D eigenvalue weighted by atomic mass is 10.0. The van der Waals surface area contributed by atoms with Crippen molar-refractivity contribution in [1.29, 1.82) is 0 Å². The van der Waals surface area contributed by atoms with Crippen LogP contribution in [0.4, 0.5) is 0 Å². The van der Waals surface area contributed by atoms with Crippen LogP contribution in [0.15, 0.2) is 48.5 Å². The fourth-order valence-electron chi connectivity index (χ4n) is 2.53. The molecule has 2 rings (SSSR count). The van der Waals surface area contributed by atoms with Crippen LogP contribution in [0.2, 0.25) is 10.0 Å². The second-order valence-electron chi connectivity index (χ2n) is 6.67. The average Bonchev–Trinajstić information content (AvgIpc) is 2.65. The molecule has 0 bridgehead atoms. The molecular weight excluding hydrogens is 395 g/mol. The molecule has 0 spiro atoms. The molecule has 0 saturated heterocycles. The minimum Gasteiger partial charge on any atom is -0.343 e. The molecule has 0 radical (unpaired) electrons. The van der Waals surface area contributed by atoms with Gasteiger partial charge < -0.3 is 10.6 Å². The molecule has 0 fully saturated rings. The Bertz CT molecular complexity index is 886. The standard InChI is InChI=1S/C22H22Cl2N2O2/c1-15(2)13-20(26-21(27)18-11-10-17(23)14-19(18)24)22(28)25-12-6-9-16-7-4-3-5-8-16/h3-5,7-8,10-11,14-15,20H,12-13H2,1-2H3,(H,25,28)(H,26,27). The van der Waals surface area contributed by atoms with Crippen LogP contribution in [-0.2, 0) is 4.79 Å². The van der Waals surface area contributed by atoms with Crippen LogP contribution in [0.25, 0.3) is 0 Å². The third kappa shape index (κ3) is 6.92. The van der Waals surface area contributed by atoms with E-state index in [9.17, 15) is 9.59 Å². The summed E-state index contributed by atoms with van der Waals surface area (Å²) >= 11 is 12.0. The second-order valence-corrected chi connectivity index (χ2v) is 7.51. The highest BCUT2D eigenvalue weighted by molar-refractivity contribution is 6.36. The highest BCUT2D eigenvalue weighted by Gasteiger charge is 2.23.